The predicted molar refractivity (Wildman–Crippen MR) is 121 cm³/mol. The van der Waals surface area contributed by atoms with Gasteiger partial charge in [0.05, 0.1) is 30.8 Å². The molecule has 32 heavy (non-hydrogen) atoms. The number of rotatable bonds is 6. The van der Waals surface area contributed by atoms with Crippen LogP contribution in [0.2, 0.25) is 0 Å². The molecular formula is C24H33N5O3. The van der Waals surface area contributed by atoms with Crippen molar-refractivity contribution in [2.45, 2.75) is 57.2 Å². The number of benzene rings is 1. The van der Waals surface area contributed by atoms with Crippen LogP contribution in [0.5, 0.6) is 0 Å². The minimum atomic E-state index is -0.943. The number of fused-ring (bicyclic) bond motifs is 3. The number of hydrogen-bond donors (Lipinski definition) is 1. The molecule has 1 aliphatic carbocycles. The van der Waals surface area contributed by atoms with Gasteiger partial charge in [-0.3, -0.25) is 14.5 Å². The van der Waals surface area contributed by atoms with E-state index in [9.17, 15) is 9.59 Å². The normalized spacial score (nSPS) is 24.8. The summed E-state index contributed by atoms with van der Waals surface area (Å²) in [6.45, 7) is 7.12. The largest absolute Gasteiger partial charge is 0.379 e. The van der Waals surface area contributed by atoms with Crippen LogP contribution in [-0.2, 0) is 16.1 Å². The summed E-state index contributed by atoms with van der Waals surface area (Å²) in [7, 11) is 0. The summed E-state index contributed by atoms with van der Waals surface area (Å²) in [5, 5.41) is 3.26. The lowest BCUT2D eigenvalue weighted by Gasteiger charge is -2.44. The van der Waals surface area contributed by atoms with E-state index >= 15 is 0 Å². The molecule has 0 radical (unpaired) electrons. The minimum Gasteiger partial charge on any atom is -0.379 e. The molecule has 1 aromatic heterocycles. The number of imidazole rings is 1. The Morgan fingerprint density at radius 2 is 1.94 bits per heavy atom. The third-order valence-electron chi connectivity index (χ3n) is 7.29. The Bertz CT molecular complexity index is 993. The van der Waals surface area contributed by atoms with Crippen molar-refractivity contribution in [3.8, 4) is 0 Å². The highest BCUT2D eigenvalue weighted by Crippen LogP contribution is 2.31. The van der Waals surface area contributed by atoms with E-state index < -0.39 is 5.54 Å². The summed E-state index contributed by atoms with van der Waals surface area (Å²) in [5.74, 6) is 0.231. The lowest BCUT2D eigenvalue weighted by molar-refractivity contribution is -0.133. The minimum absolute atomic E-state index is 0.0486. The quantitative estimate of drug-likeness (QED) is 0.745. The molecule has 1 saturated heterocycles. The van der Waals surface area contributed by atoms with Gasteiger partial charge >= 0.3 is 0 Å². The van der Waals surface area contributed by atoms with Crippen LogP contribution in [-0.4, -0.2) is 82.1 Å². The first kappa shape index (κ1) is 21.4. The molecule has 172 valence electrons. The fourth-order valence-corrected chi connectivity index (χ4v) is 5.37. The van der Waals surface area contributed by atoms with E-state index in [1.165, 1.54) is 0 Å². The Kier molecular flexibility index (Phi) is 5.90. The van der Waals surface area contributed by atoms with E-state index in [4.69, 9.17) is 4.74 Å². The molecule has 8 nitrogen and oxygen atoms in total. The van der Waals surface area contributed by atoms with Crippen molar-refractivity contribution in [3.05, 3.63) is 30.1 Å². The van der Waals surface area contributed by atoms with Crippen LogP contribution in [0.3, 0.4) is 0 Å². The van der Waals surface area contributed by atoms with Gasteiger partial charge in [0.15, 0.2) is 5.82 Å². The summed E-state index contributed by atoms with van der Waals surface area (Å²) in [6, 6.07) is 7.99. The Morgan fingerprint density at radius 3 is 2.72 bits per heavy atom. The molecule has 5 rings (SSSR count). The van der Waals surface area contributed by atoms with Crippen LogP contribution < -0.4 is 5.32 Å². The maximum Gasteiger partial charge on any atom is 0.290 e. The first-order chi connectivity index (χ1) is 15.6. The molecule has 0 spiro atoms. The van der Waals surface area contributed by atoms with Crippen LogP contribution in [0.4, 0.5) is 0 Å². The fourth-order valence-electron chi connectivity index (χ4n) is 5.37. The number of carbonyl (C=O) groups excluding carboxylic acids is 2. The average molecular weight is 440 g/mol. The van der Waals surface area contributed by atoms with Gasteiger partial charge in [-0.15, -0.1) is 0 Å². The van der Waals surface area contributed by atoms with Gasteiger partial charge < -0.3 is 19.5 Å². The number of para-hydroxylation sites is 2. The van der Waals surface area contributed by atoms with Crippen molar-refractivity contribution in [1.29, 1.82) is 0 Å². The van der Waals surface area contributed by atoms with Gasteiger partial charge in [0, 0.05) is 32.2 Å². The SMILES string of the molecule is CC1(C(=O)NC2CCCC2)Cn2c(nc3ccccc32)C(=O)N1CCCN1CCOCC1. The van der Waals surface area contributed by atoms with Crippen molar-refractivity contribution >= 4 is 22.8 Å². The number of nitrogens with zero attached hydrogens (tertiary/aromatic N) is 4. The van der Waals surface area contributed by atoms with E-state index in [1.54, 1.807) is 4.90 Å². The van der Waals surface area contributed by atoms with Gasteiger partial charge in [-0.1, -0.05) is 25.0 Å². The van der Waals surface area contributed by atoms with E-state index in [0.29, 0.717) is 18.9 Å². The number of nitrogens with one attached hydrogen (secondary N) is 1. The zero-order valence-corrected chi connectivity index (χ0v) is 18.9. The molecule has 1 aromatic carbocycles. The Morgan fingerprint density at radius 1 is 1.19 bits per heavy atom. The Balaban J connectivity index is 1.41. The van der Waals surface area contributed by atoms with Crippen molar-refractivity contribution in [2.24, 2.45) is 0 Å². The van der Waals surface area contributed by atoms with Crippen molar-refractivity contribution < 1.29 is 14.3 Å². The molecule has 1 atom stereocenters. The molecule has 1 saturated carbocycles. The fraction of sp³-hybridized carbons (Fsp3) is 0.625. The number of carbonyl (C=O) groups is 2. The number of hydrogen-bond acceptors (Lipinski definition) is 5. The van der Waals surface area contributed by atoms with Gasteiger partial charge in [0.1, 0.15) is 5.54 Å². The highest BCUT2D eigenvalue weighted by molar-refractivity contribution is 6.01. The molecule has 1 N–H and O–H groups in total. The first-order valence-corrected chi connectivity index (χ1v) is 11.9. The lowest BCUT2D eigenvalue weighted by Crippen LogP contribution is -2.65. The van der Waals surface area contributed by atoms with Gasteiger partial charge in [-0.2, -0.15) is 0 Å². The molecule has 3 aliphatic rings. The standard InChI is InChI=1S/C24H33N5O3/c1-24(23(31)25-18-7-2-3-8-18)17-28-20-10-5-4-9-19(20)26-21(28)22(30)29(24)12-6-11-27-13-15-32-16-14-27/h4-5,9-10,18H,2-3,6-8,11-17H2,1H3,(H,25,31). The molecule has 0 bridgehead atoms. The highest BCUT2D eigenvalue weighted by Gasteiger charge is 2.48. The van der Waals surface area contributed by atoms with Crippen molar-refractivity contribution in [2.75, 3.05) is 39.4 Å². The van der Waals surface area contributed by atoms with Crippen LogP contribution in [0.15, 0.2) is 24.3 Å². The topological polar surface area (TPSA) is 79.7 Å². The molecule has 1 unspecified atom stereocenters. The van der Waals surface area contributed by atoms with E-state index in [1.807, 2.05) is 35.8 Å². The van der Waals surface area contributed by atoms with Crippen LogP contribution in [0.25, 0.3) is 11.0 Å². The molecular weight excluding hydrogens is 406 g/mol. The Hall–Kier alpha value is -2.45. The van der Waals surface area contributed by atoms with Gasteiger partial charge in [0.2, 0.25) is 5.91 Å². The molecule has 2 aromatic rings. The number of ether oxygens (including phenoxy) is 1. The van der Waals surface area contributed by atoms with Crippen LogP contribution in [0.1, 0.15) is 49.6 Å². The van der Waals surface area contributed by atoms with E-state index in [2.05, 4.69) is 15.2 Å². The van der Waals surface area contributed by atoms with Gasteiger partial charge in [0.25, 0.3) is 5.91 Å². The molecule has 2 aliphatic heterocycles. The van der Waals surface area contributed by atoms with Crippen LogP contribution in [0, 0.1) is 0 Å². The van der Waals surface area contributed by atoms with Gasteiger partial charge in [-0.25, -0.2) is 4.98 Å². The third kappa shape index (κ3) is 3.90. The summed E-state index contributed by atoms with van der Waals surface area (Å²) in [5.41, 5.74) is 0.759. The zero-order valence-electron chi connectivity index (χ0n) is 18.9. The third-order valence-corrected chi connectivity index (χ3v) is 7.29. The second-order valence-electron chi connectivity index (χ2n) is 9.50. The Labute approximate surface area is 188 Å². The number of morpholine rings is 1. The lowest BCUT2D eigenvalue weighted by atomic mass is 9.94. The first-order valence-electron chi connectivity index (χ1n) is 11.9. The van der Waals surface area contributed by atoms with Crippen molar-refractivity contribution in [3.63, 3.8) is 0 Å². The summed E-state index contributed by atoms with van der Waals surface area (Å²) >= 11 is 0. The zero-order chi connectivity index (χ0) is 22.1. The molecule has 2 amide bonds. The second kappa shape index (κ2) is 8.83. The molecule has 2 fully saturated rings. The predicted octanol–water partition coefficient (Wildman–Crippen LogP) is 2.03. The average Bonchev–Trinajstić information content (AvgIpc) is 3.45. The van der Waals surface area contributed by atoms with Crippen molar-refractivity contribution in [1.82, 2.24) is 24.7 Å². The second-order valence-corrected chi connectivity index (χ2v) is 9.50. The van der Waals surface area contributed by atoms with Crippen LogP contribution >= 0.6 is 0 Å². The summed E-state index contributed by atoms with van der Waals surface area (Å²) < 4.78 is 7.37. The van der Waals surface area contributed by atoms with E-state index in [0.717, 1.165) is 76.0 Å². The maximum absolute atomic E-state index is 13.7. The highest BCUT2D eigenvalue weighted by atomic mass is 16.5. The monoisotopic (exact) mass is 439 g/mol. The van der Waals surface area contributed by atoms with Gasteiger partial charge in [-0.05, 0) is 38.3 Å². The molecule has 8 heteroatoms. The molecule has 3 heterocycles. The maximum atomic E-state index is 13.7. The summed E-state index contributed by atoms with van der Waals surface area (Å²) in [6.07, 6.45) is 5.16. The number of amides is 2. The summed E-state index contributed by atoms with van der Waals surface area (Å²) in [4.78, 5) is 36.0. The van der Waals surface area contributed by atoms with E-state index in [-0.39, 0.29) is 17.9 Å². The number of aromatic nitrogens is 2. The smallest absolute Gasteiger partial charge is 0.290 e.